The number of hydrogen-bond donors (Lipinski definition) is 1. The molecule has 152 valence electrons. The Kier molecular flexibility index (Phi) is 5.61. The van der Waals surface area contributed by atoms with E-state index in [-0.39, 0.29) is 6.61 Å². The third-order valence-corrected chi connectivity index (χ3v) is 4.46. The molecule has 1 N–H and O–H groups in total. The van der Waals surface area contributed by atoms with Gasteiger partial charge in [0.15, 0.2) is 11.5 Å². The molecule has 0 fully saturated rings. The zero-order valence-electron chi connectivity index (χ0n) is 15.8. The molecule has 4 rings (SSSR count). The Labute approximate surface area is 172 Å². The second-order valence-corrected chi connectivity index (χ2v) is 6.59. The summed E-state index contributed by atoms with van der Waals surface area (Å²) in [4.78, 5) is 25.6. The lowest BCUT2D eigenvalue weighted by molar-refractivity contribution is -0.164. The minimum Gasteiger partial charge on any atom is -0.485 e. The number of anilines is 1. The number of ether oxygens (including phenoxy) is 3. The summed E-state index contributed by atoms with van der Waals surface area (Å²) in [6.07, 6.45) is -2.23. The Hall–Kier alpha value is -3.87. The average molecular weight is 407 g/mol. The average Bonchev–Trinajstić information content (AvgIpc) is 2.79. The molecule has 1 heterocycles. The lowest BCUT2D eigenvalue weighted by Crippen LogP contribution is -2.39. The van der Waals surface area contributed by atoms with Crippen LogP contribution in [0.2, 0.25) is 0 Å². The lowest BCUT2D eigenvalue weighted by Gasteiger charge is -2.26. The molecule has 0 unspecified atom stereocenters. The number of benzene rings is 3. The molecule has 3 aromatic rings. The van der Waals surface area contributed by atoms with E-state index in [0.29, 0.717) is 22.7 Å². The maximum Gasteiger partial charge on any atom is 0.352 e. The number of para-hydroxylation sites is 2. The van der Waals surface area contributed by atoms with Crippen molar-refractivity contribution in [2.45, 2.75) is 12.2 Å². The Morgan fingerprint density at radius 2 is 1.60 bits per heavy atom. The summed E-state index contributed by atoms with van der Waals surface area (Å²) in [6, 6.07) is 20.9. The fraction of sp³-hybridized carbons (Fsp3) is 0.130. The summed E-state index contributed by atoms with van der Waals surface area (Å²) < 4.78 is 29.9. The van der Waals surface area contributed by atoms with E-state index >= 15 is 0 Å². The van der Waals surface area contributed by atoms with Crippen LogP contribution < -0.4 is 14.8 Å². The highest BCUT2D eigenvalue weighted by Crippen LogP contribution is 2.32. The summed E-state index contributed by atoms with van der Waals surface area (Å²) in [5.74, 6) is -0.757. The molecule has 0 aliphatic carbocycles. The second-order valence-electron chi connectivity index (χ2n) is 6.59. The van der Waals surface area contributed by atoms with Crippen molar-refractivity contribution in [3.63, 3.8) is 0 Å². The number of carbonyl (C=O) groups excluding carboxylic acids is 2. The Bertz CT molecular complexity index is 1040. The van der Waals surface area contributed by atoms with Gasteiger partial charge in [-0.25, -0.2) is 9.18 Å². The van der Waals surface area contributed by atoms with Crippen LogP contribution in [0.4, 0.5) is 10.1 Å². The number of halogens is 1. The molecule has 0 aromatic heterocycles. The first-order valence-corrected chi connectivity index (χ1v) is 9.30. The van der Waals surface area contributed by atoms with Crippen molar-refractivity contribution in [1.29, 1.82) is 0 Å². The molecule has 30 heavy (non-hydrogen) atoms. The van der Waals surface area contributed by atoms with Crippen LogP contribution >= 0.6 is 0 Å². The molecular weight excluding hydrogens is 389 g/mol. The van der Waals surface area contributed by atoms with Gasteiger partial charge in [0.05, 0.1) is 0 Å². The first kappa shape index (κ1) is 19.4. The number of hydrogen-bond acceptors (Lipinski definition) is 5. The van der Waals surface area contributed by atoms with Gasteiger partial charge in [-0.05, 0) is 36.4 Å². The van der Waals surface area contributed by atoms with Crippen molar-refractivity contribution in [1.82, 2.24) is 0 Å². The molecule has 0 saturated heterocycles. The molecule has 3 aromatic carbocycles. The van der Waals surface area contributed by atoms with E-state index in [9.17, 15) is 14.0 Å². The maximum absolute atomic E-state index is 13.1. The Balaban J connectivity index is 1.51. The van der Waals surface area contributed by atoms with Crippen LogP contribution in [0.3, 0.4) is 0 Å². The van der Waals surface area contributed by atoms with Gasteiger partial charge in [0.1, 0.15) is 12.4 Å². The quantitative estimate of drug-likeness (QED) is 0.650. The molecule has 1 aliphatic rings. The standard InChI is InChI=1S/C23H18FNO5/c24-16-10-12-17(13-11-16)25-22(26)21(15-6-2-1-3-7-15)30-23(27)20-14-28-18-8-4-5-9-19(18)29-20/h1-13,20-21H,14H2,(H,25,26)/t20-,21+/m1/s1. The zero-order chi connectivity index (χ0) is 20.9. The Morgan fingerprint density at radius 1 is 0.933 bits per heavy atom. The molecule has 1 aliphatic heterocycles. The number of amides is 1. The minimum absolute atomic E-state index is 0.0308. The van der Waals surface area contributed by atoms with Crippen molar-refractivity contribution < 1.29 is 28.2 Å². The molecule has 0 saturated carbocycles. The van der Waals surface area contributed by atoms with E-state index in [2.05, 4.69) is 5.32 Å². The number of esters is 1. The van der Waals surface area contributed by atoms with Gasteiger partial charge in [-0.15, -0.1) is 0 Å². The SMILES string of the molecule is O=C(Nc1ccc(F)cc1)[C@@H](OC(=O)[C@H]1COc2ccccc2O1)c1ccccc1. The van der Waals surface area contributed by atoms with Gasteiger partial charge in [0.2, 0.25) is 12.2 Å². The minimum atomic E-state index is -1.22. The predicted octanol–water partition coefficient (Wildman–Crippen LogP) is 3.89. The molecule has 2 atom stereocenters. The highest BCUT2D eigenvalue weighted by atomic mass is 19.1. The van der Waals surface area contributed by atoms with Crippen molar-refractivity contribution in [2.24, 2.45) is 0 Å². The van der Waals surface area contributed by atoms with E-state index < -0.39 is 29.9 Å². The van der Waals surface area contributed by atoms with Gasteiger partial charge in [0.25, 0.3) is 5.91 Å². The molecule has 6 nitrogen and oxygen atoms in total. The van der Waals surface area contributed by atoms with Gasteiger partial charge in [-0.3, -0.25) is 4.79 Å². The highest BCUT2D eigenvalue weighted by molar-refractivity contribution is 5.96. The van der Waals surface area contributed by atoms with Crippen LogP contribution in [0.15, 0.2) is 78.9 Å². The maximum atomic E-state index is 13.1. The van der Waals surface area contributed by atoms with Crippen LogP contribution in [0.25, 0.3) is 0 Å². The van der Waals surface area contributed by atoms with Crippen molar-refractivity contribution in [3.05, 3.63) is 90.2 Å². The summed E-state index contributed by atoms with van der Waals surface area (Å²) in [5.41, 5.74) is 0.868. The van der Waals surface area contributed by atoms with Gasteiger partial charge in [0, 0.05) is 11.3 Å². The van der Waals surface area contributed by atoms with Crippen LogP contribution in [-0.2, 0) is 14.3 Å². The van der Waals surface area contributed by atoms with E-state index in [0.717, 1.165) is 0 Å². The van der Waals surface area contributed by atoms with E-state index in [1.807, 2.05) is 0 Å². The normalized spacial score (nSPS) is 15.7. The summed E-state index contributed by atoms with van der Waals surface area (Å²) in [5, 5.41) is 2.64. The molecular formula is C23H18FNO5. The van der Waals surface area contributed by atoms with E-state index in [1.165, 1.54) is 24.3 Å². The summed E-state index contributed by atoms with van der Waals surface area (Å²) >= 11 is 0. The number of carbonyl (C=O) groups is 2. The van der Waals surface area contributed by atoms with Crippen LogP contribution in [-0.4, -0.2) is 24.6 Å². The third kappa shape index (κ3) is 4.41. The molecule has 1 amide bonds. The van der Waals surface area contributed by atoms with Gasteiger partial charge in [-0.1, -0.05) is 42.5 Å². The molecule has 0 spiro atoms. The fourth-order valence-electron chi connectivity index (χ4n) is 2.97. The third-order valence-electron chi connectivity index (χ3n) is 4.46. The van der Waals surface area contributed by atoms with Gasteiger partial charge >= 0.3 is 5.97 Å². The topological polar surface area (TPSA) is 73.9 Å². The molecule has 7 heteroatoms. The van der Waals surface area contributed by atoms with Crippen LogP contribution in [0.1, 0.15) is 11.7 Å². The van der Waals surface area contributed by atoms with Gasteiger partial charge < -0.3 is 19.5 Å². The van der Waals surface area contributed by atoms with Crippen LogP contribution in [0.5, 0.6) is 11.5 Å². The fourth-order valence-corrected chi connectivity index (χ4v) is 2.97. The highest BCUT2D eigenvalue weighted by Gasteiger charge is 2.33. The Morgan fingerprint density at radius 3 is 2.33 bits per heavy atom. The summed E-state index contributed by atoms with van der Waals surface area (Å²) in [7, 11) is 0. The number of rotatable bonds is 5. The number of nitrogens with one attached hydrogen (secondary N) is 1. The molecule has 0 radical (unpaired) electrons. The van der Waals surface area contributed by atoms with E-state index in [4.69, 9.17) is 14.2 Å². The first-order valence-electron chi connectivity index (χ1n) is 9.30. The predicted molar refractivity (Wildman–Crippen MR) is 107 cm³/mol. The smallest absolute Gasteiger partial charge is 0.352 e. The summed E-state index contributed by atoms with van der Waals surface area (Å²) in [6.45, 7) is -0.0308. The molecule has 0 bridgehead atoms. The zero-order valence-corrected chi connectivity index (χ0v) is 15.8. The van der Waals surface area contributed by atoms with Crippen molar-refractivity contribution in [3.8, 4) is 11.5 Å². The van der Waals surface area contributed by atoms with Gasteiger partial charge in [-0.2, -0.15) is 0 Å². The largest absolute Gasteiger partial charge is 0.485 e. The van der Waals surface area contributed by atoms with Crippen molar-refractivity contribution >= 4 is 17.6 Å². The van der Waals surface area contributed by atoms with Crippen molar-refractivity contribution in [2.75, 3.05) is 11.9 Å². The second kappa shape index (κ2) is 8.65. The monoisotopic (exact) mass is 407 g/mol. The first-order chi connectivity index (χ1) is 14.6. The van der Waals surface area contributed by atoms with Crippen LogP contribution in [0, 0.1) is 5.82 Å². The number of fused-ring (bicyclic) bond motifs is 1. The lowest BCUT2D eigenvalue weighted by atomic mass is 10.1. The van der Waals surface area contributed by atoms with E-state index in [1.54, 1.807) is 54.6 Å².